The molecule has 1 amide bonds. The maximum absolute atomic E-state index is 12.0. The van der Waals surface area contributed by atoms with Crippen LogP contribution in [0.1, 0.15) is 44.1 Å². The molecule has 0 aromatic carbocycles. The lowest BCUT2D eigenvalue weighted by Crippen LogP contribution is -2.50. The normalized spacial score (nSPS) is 19.0. The van der Waals surface area contributed by atoms with Crippen LogP contribution in [0.15, 0.2) is 23.3 Å². The smallest absolute Gasteiger partial charge is 0.243 e. The number of aromatic nitrogens is 1. The summed E-state index contributed by atoms with van der Waals surface area (Å²) in [4.78, 5) is 24.8. The molecule has 1 N–H and O–H groups in total. The number of piperidine rings is 1. The molecule has 0 radical (unpaired) electrons. The van der Waals surface area contributed by atoms with Gasteiger partial charge in [0.05, 0.1) is 0 Å². The van der Waals surface area contributed by atoms with Crippen molar-refractivity contribution in [2.24, 2.45) is 4.99 Å². The van der Waals surface area contributed by atoms with Gasteiger partial charge >= 0.3 is 0 Å². The minimum atomic E-state index is 0.0227. The van der Waals surface area contributed by atoms with E-state index in [0.29, 0.717) is 11.9 Å². The molecular weight excluding hydrogens is 354 g/mol. The molecule has 1 aliphatic heterocycles. The van der Waals surface area contributed by atoms with Crippen molar-refractivity contribution in [1.29, 1.82) is 0 Å². The van der Waals surface area contributed by atoms with E-state index in [1.165, 1.54) is 25.7 Å². The number of amides is 1. The van der Waals surface area contributed by atoms with Gasteiger partial charge in [0, 0.05) is 58.3 Å². The van der Waals surface area contributed by atoms with E-state index in [1.807, 2.05) is 19.1 Å². The van der Waals surface area contributed by atoms with Crippen molar-refractivity contribution in [2.75, 3.05) is 33.7 Å². The maximum atomic E-state index is 12.0. The standard InChI is InChI=1S/C21H33N5O2/c1-16-8-11-22-19(14-16)28-18-9-12-26(13-10-18)21(23-15-20(27)25(2)3)24-17-6-4-5-7-17/h8,11,14,17-18H,4-7,9-10,12-13,15H2,1-3H3,(H,23,24). The van der Waals surface area contributed by atoms with Crippen molar-refractivity contribution in [3.05, 3.63) is 23.9 Å². The number of aryl methyl sites for hydroxylation is 1. The SMILES string of the molecule is Cc1ccnc(OC2CCN(C(=NCC(=O)N(C)C)NC3CCCC3)CC2)c1. The molecule has 7 heteroatoms. The molecule has 0 unspecified atom stereocenters. The van der Waals surface area contributed by atoms with Crippen LogP contribution in [0.5, 0.6) is 5.88 Å². The van der Waals surface area contributed by atoms with Crippen LogP contribution in [-0.4, -0.2) is 72.5 Å². The Hall–Kier alpha value is -2.31. The van der Waals surface area contributed by atoms with Crippen LogP contribution in [0, 0.1) is 6.92 Å². The molecule has 154 valence electrons. The first kappa shape index (κ1) is 20.4. The van der Waals surface area contributed by atoms with Crippen LogP contribution in [-0.2, 0) is 4.79 Å². The minimum absolute atomic E-state index is 0.0227. The largest absolute Gasteiger partial charge is 0.474 e. The van der Waals surface area contributed by atoms with Crippen LogP contribution >= 0.6 is 0 Å². The second-order valence-corrected chi connectivity index (χ2v) is 8.03. The number of likely N-dealkylation sites (tertiary alicyclic amines) is 1. The predicted octanol–water partition coefficient (Wildman–Crippen LogP) is 2.21. The number of guanidine groups is 1. The number of hydrogen-bond acceptors (Lipinski definition) is 4. The maximum Gasteiger partial charge on any atom is 0.243 e. The van der Waals surface area contributed by atoms with Crippen LogP contribution < -0.4 is 10.1 Å². The monoisotopic (exact) mass is 387 g/mol. The lowest BCUT2D eigenvalue weighted by Gasteiger charge is -2.35. The molecule has 7 nitrogen and oxygen atoms in total. The lowest BCUT2D eigenvalue weighted by atomic mass is 10.1. The first-order valence-electron chi connectivity index (χ1n) is 10.4. The minimum Gasteiger partial charge on any atom is -0.474 e. The number of nitrogens with one attached hydrogen (secondary N) is 1. The first-order chi connectivity index (χ1) is 13.5. The number of pyridine rings is 1. The number of ether oxygens (including phenoxy) is 1. The van der Waals surface area contributed by atoms with Gasteiger partial charge in [0.1, 0.15) is 12.6 Å². The average molecular weight is 388 g/mol. The second-order valence-electron chi connectivity index (χ2n) is 8.03. The van der Waals surface area contributed by atoms with E-state index in [1.54, 1.807) is 25.2 Å². The van der Waals surface area contributed by atoms with Gasteiger partial charge in [-0.1, -0.05) is 12.8 Å². The fraction of sp³-hybridized carbons (Fsp3) is 0.667. The summed E-state index contributed by atoms with van der Waals surface area (Å²) in [6.07, 6.45) is 8.69. The van der Waals surface area contributed by atoms with Gasteiger partial charge in [-0.25, -0.2) is 9.98 Å². The Balaban J connectivity index is 1.58. The molecule has 2 heterocycles. The third kappa shape index (κ3) is 5.84. The zero-order valence-electron chi connectivity index (χ0n) is 17.4. The van der Waals surface area contributed by atoms with Crippen molar-refractivity contribution < 1.29 is 9.53 Å². The summed E-state index contributed by atoms with van der Waals surface area (Å²) in [5.74, 6) is 1.59. The van der Waals surface area contributed by atoms with Crippen molar-refractivity contribution in [1.82, 2.24) is 20.1 Å². The van der Waals surface area contributed by atoms with E-state index in [9.17, 15) is 4.79 Å². The van der Waals surface area contributed by atoms with Crippen molar-refractivity contribution in [3.63, 3.8) is 0 Å². The zero-order valence-corrected chi connectivity index (χ0v) is 17.4. The third-order valence-corrected chi connectivity index (χ3v) is 5.47. The molecule has 28 heavy (non-hydrogen) atoms. The Morgan fingerprint density at radius 2 is 2.00 bits per heavy atom. The topological polar surface area (TPSA) is 70.1 Å². The number of aliphatic imine (C=N–C) groups is 1. The summed E-state index contributed by atoms with van der Waals surface area (Å²) in [6, 6.07) is 4.43. The van der Waals surface area contributed by atoms with E-state index in [4.69, 9.17) is 4.74 Å². The molecule has 2 aliphatic rings. The van der Waals surface area contributed by atoms with Gasteiger partial charge in [0.25, 0.3) is 0 Å². The molecule has 0 atom stereocenters. The Bertz CT molecular complexity index is 677. The highest BCUT2D eigenvalue weighted by Crippen LogP contribution is 2.20. The van der Waals surface area contributed by atoms with E-state index < -0.39 is 0 Å². The molecule has 1 aromatic rings. The number of hydrogen-bond donors (Lipinski definition) is 1. The van der Waals surface area contributed by atoms with Gasteiger partial charge in [-0.2, -0.15) is 0 Å². The van der Waals surface area contributed by atoms with Crippen molar-refractivity contribution in [2.45, 2.75) is 57.6 Å². The number of carbonyl (C=O) groups is 1. The average Bonchev–Trinajstić information content (AvgIpc) is 3.18. The quantitative estimate of drug-likeness (QED) is 0.620. The molecule has 1 saturated carbocycles. The molecule has 2 fully saturated rings. The number of likely N-dealkylation sites (N-methyl/N-ethyl adjacent to an activating group) is 1. The van der Waals surface area contributed by atoms with Gasteiger partial charge < -0.3 is 19.9 Å². The van der Waals surface area contributed by atoms with Gasteiger partial charge in [0.2, 0.25) is 11.8 Å². The van der Waals surface area contributed by atoms with E-state index >= 15 is 0 Å². The summed E-state index contributed by atoms with van der Waals surface area (Å²) in [5.41, 5.74) is 1.16. The summed E-state index contributed by atoms with van der Waals surface area (Å²) >= 11 is 0. The summed E-state index contributed by atoms with van der Waals surface area (Å²) in [6.45, 7) is 3.96. The van der Waals surface area contributed by atoms with E-state index in [2.05, 4.69) is 20.2 Å². The van der Waals surface area contributed by atoms with Gasteiger partial charge in [-0.05, 0) is 31.4 Å². The number of rotatable bonds is 5. The van der Waals surface area contributed by atoms with Crippen LogP contribution in [0.4, 0.5) is 0 Å². The summed E-state index contributed by atoms with van der Waals surface area (Å²) < 4.78 is 6.07. The molecule has 0 spiro atoms. The van der Waals surface area contributed by atoms with Crippen molar-refractivity contribution in [3.8, 4) is 5.88 Å². The molecule has 3 rings (SSSR count). The third-order valence-electron chi connectivity index (χ3n) is 5.47. The highest BCUT2D eigenvalue weighted by molar-refractivity contribution is 5.85. The Labute approximate surface area is 168 Å². The fourth-order valence-corrected chi connectivity index (χ4v) is 3.70. The van der Waals surface area contributed by atoms with E-state index in [-0.39, 0.29) is 18.6 Å². The fourth-order valence-electron chi connectivity index (χ4n) is 3.70. The zero-order chi connectivity index (χ0) is 19.9. The molecule has 0 bridgehead atoms. The van der Waals surface area contributed by atoms with Crippen LogP contribution in [0.2, 0.25) is 0 Å². The Kier molecular flexibility index (Phi) is 7.12. The summed E-state index contributed by atoms with van der Waals surface area (Å²) in [5, 5.41) is 3.60. The van der Waals surface area contributed by atoms with Gasteiger partial charge in [-0.3, -0.25) is 4.79 Å². The lowest BCUT2D eigenvalue weighted by molar-refractivity contribution is -0.127. The number of nitrogens with zero attached hydrogens (tertiary/aromatic N) is 4. The van der Waals surface area contributed by atoms with Gasteiger partial charge in [-0.15, -0.1) is 0 Å². The molecule has 1 aromatic heterocycles. The first-order valence-corrected chi connectivity index (χ1v) is 10.4. The Morgan fingerprint density at radius 3 is 2.64 bits per heavy atom. The van der Waals surface area contributed by atoms with Gasteiger partial charge in [0.15, 0.2) is 5.96 Å². The van der Waals surface area contributed by atoms with Crippen molar-refractivity contribution >= 4 is 11.9 Å². The van der Waals surface area contributed by atoms with Crippen LogP contribution in [0.25, 0.3) is 0 Å². The molecular formula is C21H33N5O2. The van der Waals surface area contributed by atoms with E-state index in [0.717, 1.165) is 37.5 Å². The Morgan fingerprint density at radius 1 is 1.29 bits per heavy atom. The molecule has 1 saturated heterocycles. The highest BCUT2D eigenvalue weighted by Gasteiger charge is 2.25. The number of carbonyl (C=O) groups excluding carboxylic acids is 1. The predicted molar refractivity (Wildman–Crippen MR) is 111 cm³/mol. The highest BCUT2D eigenvalue weighted by atomic mass is 16.5. The summed E-state index contributed by atoms with van der Waals surface area (Å²) in [7, 11) is 3.54. The van der Waals surface area contributed by atoms with Crippen LogP contribution in [0.3, 0.4) is 0 Å². The molecule has 1 aliphatic carbocycles. The second kappa shape index (κ2) is 9.75.